The summed E-state index contributed by atoms with van der Waals surface area (Å²) in [6.45, 7) is 5.55. The lowest BCUT2D eigenvalue weighted by Gasteiger charge is -2.15. The van der Waals surface area contributed by atoms with Crippen molar-refractivity contribution in [1.82, 2.24) is 0 Å². The zero-order valence-corrected chi connectivity index (χ0v) is 14.2. The number of hydrogen-bond donors (Lipinski definition) is 1. The van der Waals surface area contributed by atoms with Gasteiger partial charge in [-0.15, -0.1) is 0 Å². The van der Waals surface area contributed by atoms with E-state index >= 15 is 0 Å². The molecule has 0 amide bonds. The van der Waals surface area contributed by atoms with E-state index in [9.17, 15) is 4.79 Å². The minimum absolute atomic E-state index is 0.363. The molecule has 0 saturated heterocycles. The number of aryl methyl sites for hydroxylation is 2. The number of para-hydroxylation sites is 1. The Morgan fingerprint density at radius 2 is 1.96 bits per heavy atom. The molecule has 1 N–H and O–H groups in total. The van der Waals surface area contributed by atoms with E-state index in [0.717, 1.165) is 11.3 Å². The minimum atomic E-state index is -1.04. The van der Waals surface area contributed by atoms with Gasteiger partial charge in [-0.2, -0.15) is 0 Å². The highest BCUT2D eigenvalue weighted by Gasteiger charge is 2.17. The number of aliphatic carboxylic acids is 1. The lowest BCUT2D eigenvalue weighted by molar-refractivity contribution is -0.144. The number of aliphatic imine (C=N–C) groups is 1. The smallest absolute Gasteiger partial charge is 0.344 e. The van der Waals surface area contributed by atoms with Crippen LogP contribution in [0.5, 0.6) is 11.5 Å². The molecule has 0 bridgehead atoms. The first-order valence-corrected chi connectivity index (χ1v) is 7.60. The van der Waals surface area contributed by atoms with E-state index in [1.54, 1.807) is 24.4 Å². The number of nitrogens with zero attached hydrogens (tertiary/aromatic N) is 1. The molecule has 0 unspecified atom stereocenters. The third-order valence-electron chi connectivity index (χ3n) is 3.71. The predicted octanol–water partition coefficient (Wildman–Crippen LogP) is 3.91. The van der Waals surface area contributed by atoms with Crippen molar-refractivity contribution in [2.45, 2.75) is 26.9 Å². The van der Waals surface area contributed by atoms with Crippen LogP contribution >= 0.6 is 0 Å². The number of carbonyl (C=O) groups is 1. The molecule has 1 atom stereocenters. The van der Waals surface area contributed by atoms with E-state index in [1.807, 2.05) is 32.0 Å². The zero-order valence-electron chi connectivity index (χ0n) is 14.2. The highest BCUT2D eigenvalue weighted by atomic mass is 16.5. The first-order chi connectivity index (χ1) is 11.4. The normalized spacial score (nSPS) is 12.2. The maximum Gasteiger partial charge on any atom is 0.344 e. The molecular formula is C19H21NO4. The van der Waals surface area contributed by atoms with Crippen LogP contribution in [0.15, 0.2) is 41.4 Å². The summed E-state index contributed by atoms with van der Waals surface area (Å²) in [5.74, 6) is -0.215. The molecule has 0 heterocycles. The van der Waals surface area contributed by atoms with E-state index in [4.69, 9.17) is 14.6 Å². The first kappa shape index (κ1) is 17.5. The average molecular weight is 327 g/mol. The quantitative estimate of drug-likeness (QED) is 0.817. The van der Waals surface area contributed by atoms with Gasteiger partial charge in [0.15, 0.2) is 17.6 Å². The second kappa shape index (κ2) is 7.64. The maximum absolute atomic E-state index is 11.1. The third-order valence-corrected chi connectivity index (χ3v) is 3.71. The van der Waals surface area contributed by atoms with Gasteiger partial charge in [-0.05, 0) is 56.2 Å². The van der Waals surface area contributed by atoms with Gasteiger partial charge in [0, 0.05) is 11.8 Å². The van der Waals surface area contributed by atoms with E-state index in [-0.39, 0.29) is 0 Å². The molecule has 0 radical (unpaired) electrons. The second-order valence-corrected chi connectivity index (χ2v) is 5.50. The van der Waals surface area contributed by atoms with Gasteiger partial charge >= 0.3 is 5.97 Å². The average Bonchev–Trinajstić information content (AvgIpc) is 2.56. The van der Waals surface area contributed by atoms with Gasteiger partial charge in [-0.1, -0.05) is 12.1 Å². The summed E-state index contributed by atoms with van der Waals surface area (Å²) in [7, 11) is 1.51. The minimum Gasteiger partial charge on any atom is -0.493 e. The molecule has 2 aromatic rings. The van der Waals surface area contributed by atoms with Gasteiger partial charge in [-0.25, -0.2) is 4.79 Å². The van der Waals surface area contributed by atoms with E-state index in [0.29, 0.717) is 17.1 Å². The predicted molar refractivity (Wildman–Crippen MR) is 93.9 cm³/mol. The number of carboxylic acid groups (broad SMARTS) is 1. The van der Waals surface area contributed by atoms with E-state index in [2.05, 4.69) is 4.99 Å². The van der Waals surface area contributed by atoms with Crippen LogP contribution in [0.4, 0.5) is 5.69 Å². The Hall–Kier alpha value is -2.82. The highest BCUT2D eigenvalue weighted by molar-refractivity contribution is 5.87. The molecule has 0 saturated carbocycles. The number of rotatable bonds is 6. The third kappa shape index (κ3) is 4.13. The fraction of sp³-hybridized carbons (Fsp3) is 0.263. The first-order valence-electron chi connectivity index (χ1n) is 7.60. The van der Waals surface area contributed by atoms with Crippen molar-refractivity contribution in [2.75, 3.05) is 7.11 Å². The summed E-state index contributed by atoms with van der Waals surface area (Å²) in [5, 5.41) is 9.06. The fourth-order valence-corrected chi connectivity index (χ4v) is 2.10. The summed E-state index contributed by atoms with van der Waals surface area (Å²) in [5.41, 5.74) is 3.83. The summed E-state index contributed by atoms with van der Waals surface area (Å²) < 4.78 is 10.8. The molecule has 126 valence electrons. The Morgan fingerprint density at radius 3 is 2.58 bits per heavy atom. The van der Waals surface area contributed by atoms with Gasteiger partial charge in [0.05, 0.1) is 12.8 Å². The monoisotopic (exact) mass is 327 g/mol. The highest BCUT2D eigenvalue weighted by Crippen LogP contribution is 2.31. The molecule has 0 aliphatic heterocycles. The Kier molecular flexibility index (Phi) is 5.58. The maximum atomic E-state index is 11.1. The topological polar surface area (TPSA) is 68.1 Å². The van der Waals surface area contributed by atoms with Crippen molar-refractivity contribution in [2.24, 2.45) is 4.99 Å². The molecule has 0 fully saturated rings. The molecule has 2 rings (SSSR count). The Labute approximate surface area is 141 Å². The van der Waals surface area contributed by atoms with Gasteiger partial charge in [0.2, 0.25) is 0 Å². The number of hydrogen-bond acceptors (Lipinski definition) is 4. The van der Waals surface area contributed by atoms with Crippen molar-refractivity contribution in [3.63, 3.8) is 0 Å². The van der Waals surface area contributed by atoms with Crippen LogP contribution in [0.3, 0.4) is 0 Å². The zero-order chi connectivity index (χ0) is 17.7. The molecule has 2 aromatic carbocycles. The van der Waals surface area contributed by atoms with Crippen LogP contribution in [0.2, 0.25) is 0 Å². The van der Waals surface area contributed by atoms with Crippen LogP contribution < -0.4 is 9.47 Å². The second-order valence-electron chi connectivity index (χ2n) is 5.50. The van der Waals surface area contributed by atoms with Crippen molar-refractivity contribution in [3.8, 4) is 11.5 Å². The van der Waals surface area contributed by atoms with E-state index in [1.165, 1.54) is 19.6 Å². The molecule has 0 spiro atoms. The number of carboxylic acids is 1. The van der Waals surface area contributed by atoms with Crippen LogP contribution in [0, 0.1) is 13.8 Å². The molecule has 0 aromatic heterocycles. The lowest BCUT2D eigenvalue weighted by Crippen LogP contribution is -2.23. The van der Waals surface area contributed by atoms with Gasteiger partial charge in [0.1, 0.15) is 0 Å². The summed E-state index contributed by atoms with van der Waals surface area (Å²) in [6.07, 6.45) is 0.659. The fourth-order valence-electron chi connectivity index (χ4n) is 2.10. The molecule has 0 aliphatic carbocycles. The number of methoxy groups -OCH3 is 1. The largest absolute Gasteiger partial charge is 0.493 e. The summed E-state index contributed by atoms with van der Waals surface area (Å²) in [4.78, 5) is 15.5. The number of ether oxygens (including phenoxy) is 2. The van der Waals surface area contributed by atoms with Crippen LogP contribution in [0.1, 0.15) is 23.6 Å². The van der Waals surface area contributed by atoms with Crippen molar-refractivity contribution in [1.29, 1.82) is 0 Å². The van der Waals surface area contributed by atoms with Crippen molar-refractivity contribution >= 4 is 17.9 Å². The van der Waals surface area contributed by atoms with Crippen LogP contribution in [-0.2, 0) is 4.79 Å². The Morgan fingerprint density at radius 1 is 1.21 bits per heavy atom. The van der Waals surface area contributed by atoms with Crippen LogP contribution in [0.25, 0.3) is 0 Å². The molecule has 5 nitrogen and oxygen atoms in total. The molecular weight excluding hydrogens is 306 g/mol. The van der Waals surface area contributed by atoms with E-state index < -0.39 is 12.1 Å². The van der Waals surface area contributed by atoms with Gasteiger partial charge in [0.25, 0.3) is 0 Å². The molecule has 24 heavy (non-hydrogen) atoms. The molecule has 5 heteroatoms. The van der Waals surface area contributed by atoms with Gasteiger partial charge in [-0.3, -0.25) is 4.99 Å². The molecule has 0 aliphatic rings. The van der Waals surface area contributed by atoms with Crippen molar-refractivity contribution in [3.05, 3.63) is 53.1 Å². The number of benzene rings is 2. The van der Waals surface area contributed by atoms with Crippen molar-refractivity contribution < 1.29 is 19.4 Å². The van der Waals surface area contributed by atoms with Gasteiger partial charge < -0.3 is 14.6 Å². The Balaban J connectivity index is 2.36. The summed E-state index contributed by atoms with van der Waals surface area (Å²) >= 11 is 0. The standard InChI is InChI=1S/C19H21NO4/c1-12-8-9-16(10-13(12)2)20-11-15-6-5-7-17(23-4)18(15)24-14(3)19(21)22/h5-11,14H,1-4H3,(H,21,22)/t14-/m1/s1. The van der Waals surface area contributed by atoms with Crippen LogP contribution in [-0.4, -0.2) is 30.5 Å². The SMILES string of the molecule is COc1cccc(C=Nc2ccc(C)c(C)c2)c1O[C@H](C)C(=O)O. The lowest BCUT2D eigenvalue weighted by atomic mass is 10.1. The summed E-state index contributed by atoms with van der Waals surface area (Å²) in [6, 6.07) is 11.3. The Bertz CT molecular complexity index is 768.